The summed E-state index contributed by atoms with van der Waals surface area (Å²) in [5.74, 6) is -0.0347. The highest BCUT2D eigenvalue weighted by Crippen LogP contribution is 2.16. The Balaban J connectivity index is 3.31. The molecule has 0 saturated heterocycles. The summed E-state index contributed by atoms with van der Waals surface area (Å²) in [6.45, 7) is 4.29. The smallest absolute Gasteiger partial charge is 0.220 e. The van der Waals surface area contributed by atoms with Crippen LogP contribution in [0.15, 0.2) is 12.2 Å². The molecule has 0 saturated carbocycles. The number of aliphatic hydroxyl groups excluding tert-OH is 2. The maximum Gasteiger partial charge on any atom is 0.220 e. The molecule has 4 heteroatoms. The molecule has 1 amide bonds. The van der Waals surface area contributed by atoms with E-state index in [4.69, 9.17) is 0 Å². The van der Waals surface area contributed by atoms with Gasteiger partial charge in [0, 0.05) is 6.42 Å². The fourth-order valence-electron chi connectivity index (χ4n) is 6.89. The van der Waals surface area contributed by atoms with E-state index >= 15 is 0 Å². The van der Waals surface area contributed by atoms with Gasteiger partial charge in [-0.25, -0.2) is 0 Å². The molecule has 3 N–H and O–H groups in total. The molecule has 0 aliphatic rings. The third-order valence-corrected chi connectivity index (χ3v) is 10.3. The maximum absolute atomic E-state index is 12.3. The van der Waals surface area contributed by atoms with Crippen molar-refractivity contribution >= 4 is 5.91 Å². The van der Waals surface area contributed by atoms with Crippen molar-refractivity contribution in [1.82, 2.24) is 5.32 Å². The number of rotatable bonds is 40. The molecule has 0 aromatic rings. The van der Waals surface area contributed by atoms with E-state index in [9.17, 15) is 15.0 Å². The molecular weight excluding hydrogens is 590 g/mol. The third kappa shape index (κ3) is 36.4. The summed E-state index contributed by atoms with van der Waals surface area (Å²) < 4.78 is 0. The average molecular weight is 678 g/mol. The first-order chi connectivity index (χ1) is 23.7. The molecule has 2 atom stereocenters. The van der Waals surface area contributed by atoms with E-state index in [1.54, 1.807) is 0 Å². The van der Waals surface area contributed by atoms with Crippen molar-refractivity contribution in [2.24, 2.45) is 0 Å². The zero-order chi connectivity index (χ0) is 35.0. The molecule has 0 aliphatic heterocycles. The van der Waals surface area contributed by atoms with Crippen LogP contribution in [0.2, 0.25) is 0 Å². The zero-order valence-corrected chi connectivity index (χ0v) is 32.8. The molecule has 0 spiro atoms. The Labute approximate surface area is 301 Å². The minimum atomic E-state index is -0.651. The highest BCUT2D eigenvalue weighted by atomic mass is 16.3. The number of nitrogens with one attached hydrogen (secondary N) is 1. The van der Waals surface area contributed by atoms with Crippen LogP contribution in [0.3, 0.4) is 0 Å². The molecule has 0 aliphatic carbocycles. The van der Waals surface area contributed by atoms with Crippen LogP contribution in [0, 0.1) is 0 Å². The zero-order valence-electron chi connectivity index (χ0n) is 32.8. The van der Waals surface area contributed by atoms with E-state index in [-0.39, 0.29) is 12.5 Å². The van der Waals surface area contributed by atoms with E-state index < -0.39 is 12.1 Å². The van der Waals surface area contributed by atoms with Gasteiger partial charge in [0.25, 0.3) is 0 Å². The minimum absolute atomic E-state index is 0.0347. The molecule has 286 valence electrons. The highest BCUT2D eigenvalue weighted by molar-refractivity contribution is 5.76. The van der Waals surface area contributed by atoms with Crippen LogP contribution in [0.1, 0.15) is 245 Å². The molecule has 0 radical (unpaired) electrons. The Morgan fingerprint density at radius 2 is 0.792 bits per heavy atom. The van der Waals surface area contributed by atoms with Gasteiger partial charge in [-0.15, -0.1) is 0 Å². The van der Waals surface area contributed by atoms with Crippen LogP contribution in [-0.4, -0.2) is 34.9 Å². The van der Waals surface area contributed by atoms with Crippen molar-refractivity contribution in [3.63, 3.8) is 0 Å². The van der Waals surface area contributed by atoms with E-state index in [1.165, 1.54) is 193 Å². The van der Waals surface area contributed by atoms with Crippen molar-refractivity contribution in [2.75, 3.05) is 6.61 Å². The number of unbranched alkanes of at least 4 members (excludes halogenated alkanes) is 31. The topological polar surface area (TPSA) is 69.6 Å². The summed E-state index contributed by atoms with van der Waals surface area (Å²) in [6.07, 6.45) is 50.6. The lowest BCUT2D eigenvalue weighted by atomic mass is 10.0. The van der Waals surface area contributed by atoms with Gasteiger partial charge in [-0.2, -0.15) is 0 Å². The van der Waals surface area contributed by atoms with Gasteiger partial charge in [-0.05, 0) is 38.5 Å². The van der Waals surface area contributed by atoms with Gasteiger partial charge in [0.1, 0.15) is 0 Å². The third-order valence-electron chi connectivity index (χ3n) is 10.3. The largest absolute Gasteiger partial charge is 0.394 e. The molecule has 0 aromatic carbocycles. The summed E-state index contributed by atoms with van der Waals surface area (Å²) in [5, 5.41) is 22.8. The summed E-state index contributed by atoms with van der Waals surface area (Å²) in [5.41, 5.74) is 0. The maximum atomic E-state index is 12.3. The number of carbonyl (C=O) groups excluding carboxylic acids is 1. The number of carbonyl (C=O) groups is 1. The van der Waals surface area contributed by atoms with Crippen molar-refractivity contribution in [3.8, 4) is 0 Å². The van der Waals surface area contributed by atoms with Gasteiger partial charge >= 0.3 is 0 Å². The molecule has 2 unspecified atom stereocenters. The summed E-state index contributed by atoms with van der Waals surface area (Å²) in [4.78, 5) is 12.3. The number of hydrogen-bond donors (Lipinski definition) is 3. The molecular formula is C44H87NO3. The van der Waals surface area contributed by atoms with E-state index in [1.807, 2.05) is 0 Å². The van der Waals surface area contributed by atoms with Crippen molar-refractivity contribution in [3.05, 3.63) is 12.2 Å². The first-order valence-electron chi connectivity index (χ1n) is 21.9. The number of allylic oxidation sites excluding steroid dienone is 2. The molecule has 0 fully saturated rings. The van der Waals surface area contributed by atoms with Crippen LogP contribution in [-0.2, 0) is 4.79 Å². The highest BCUT2D eigenvalue weighted by Gasteiger charge is 2.19. The molecule has 0 rings (SSSR count). The predicted molar refractivity (Wildman–Crippen MR) is 212 cm³/mol. The molecule has 48 heavy (non-hydrogen) atoms. The Morgan fingerprint density at radius 1 is 0.479 bits per heavy atom. The van der Waals surface area contributed by atoms with Crippen LogP contribution in [0.5, 0.6) is 0 Å². The van der Waals surface area contributed by atoms with Crippen LogP contribution in [0.25, 0.3) is 0 Å². The Kier molecular flexibility index (Phi) is 39.8. The van der Waals surface area contributed by atoms with Crippen molar-refractivity contribution in [1.29, 1.82) is 0 Å². The lowest BCUT2D eigenvalue weighted by Crippen LogP contribution is -2.45. The number of amides is 1. The number of aliphatic hydroxyl groups is 2. The second-order valence-electron chi connectivity index (χ2n) is 15.1. The monoisotopic (exact) mass is 678 g/mol. The van der Waals surface area contributed by atoms with Gasteiger partial charge < -0.3 is 15.5 Å². The predicted octanol–water partition coefficient (Wildman–Crippen LogP) is 13.5. The normalized spacial score (nSPS) is 13.0. The molecule has 0 aromatic heterocycles. The summed E-state index contributed by atoms with van der Waals surface area (Å²) in [7, 11) is 0. The summed E-state index contributed by atoms with van der Waals surface area (Å²) >= 11 is 0. The SMILES string of the molecule is CCCCCCCCCC/C=C\CCCCCCCCCCCCCCCCCCCCCC(=O)NC(CO)C(O)CCCCCCC. The fourth-order valence-corrected chi connectivity index (χ4v) is 6.89. The van der Waals surface area contributed by atoms with Gasteiger partial charge in [0.2, 0.25) is 5.91 Å². The second-order valence-corrected chi connectivity index (χ2v) is 15.1. The van der Waals surface area contributed by atoms with Crippen LogP contribution >= 0.6 is 0 Å². The first kappa shape index (κ1) is 47.1. The lowest BCUT2D eigenvalue weighted by molar-refractivity contribution is -0.123. The Bertz CT molecular complexity index is 651. The minimum Gasteiger partial charge on any atom is -0.394 e. The van der Waals surface area contributed by atoms with Crippen molar-refractivity contribution in [2.45, 2.75) is 257 Å². The standard InChI is InChI=1S/C44H87NO3/c1-3-5-7-9-10-11-12-13-14-15-16-17-18-19-20-21-22-23-24-25-26-27-28-29-30-31-32-33-34-36-38-40-44(48)45-42(41-46)43(47)39-37-35-8-6-4-2/h15-16,42-43,46-47H,3-14,17-41H2,1-2H3,(H,45,48)/b16-15-. The van der Waals surface area contributed by atoms with E-state index in [0.29, 0.717) is 12.8 Å². The van der Waals surface area contributed by atoms with E-state index in [0.717, 1.165) is 25.7 Å². The van der Waals surface area contributed by atoms with Gasteiger partial charge in [0.15, 0.2) is 0 Å². The van der Waals surface area contributed by atoms with Crippen LogP contribution < -0.4 is 5.32 Å². The molecule has 0 heterocycles. The fraction of sp³-hybridized carbons (Fsp3) is 0.932. The first-order valence-corrected chi connectivity index (χ1v) is 21.9. The lowest BCUT2D eigenvalue weighted by Gasteiger charge is -2.22. The average Bonchev–Trinajstić information content (AvgIpc) is 3.09. The van der Waals surface area contributed by atoms with E-state index in [2.05, 4.69) is 31.3 Å². The quantitative estimate of drug-likeness (QED) is 0.0446. The molecule has 4 nitrogen and oxygen atoms in total. The number of hydrogen-bond acceptors (Lipinski definition) is 3. The van der Waals surface area contributed by atoms with Gasteiger partial charge in [0.05, 0.1) is 18.8 Å². The molecule has 0 bridgehead atoms. The van der Waals surface area contributed by atoms with Gasteiger partial charge in [-0.3, -0.25) is 4.79 Å². The Morgan fingerprint density at radius 3 is 1.15 bits per heavy atom. The second kappa shape index (κ2) is 40.6. The van der Waals surface area contributed by atoms with Gasteiger partial charge in [-0.1, -0.05) is 212 Å². The van der Waals surface area contributed by atoms with Crippen LogP contribution in [0.4, 0.5) is 0 Å². The Hall–Kier alpha value is -0.870. The summed E-state index contributed by atoms with van der Waals surface area (Å²) in [6, 6.07) is -0.527. The van der Waals surface area contributed by atoms with Crippen molar-refractivity contribution < 1.29 is 15.0 Å².